The number of hydrogen-bond donors (Lipinski definition) is 1. The predicted octanol–water partition coefficient (Wildman–Crippen LogP) is 1.89. The molecule has 2 rings (SSSR count). The summed E-state index contributed by atoms with van der Waals surface area (Å²) in [5.41, 5.74) is 6.51. The van der Waals surface area contributed by atoms with Crippen LogP contribution in [0.1, 0.15) is 16.2 Å². The van der Waals surface area contributed by atoms with Gasteiger partial charge in [0, 0.05) is 25.0 Å². The van der Waals surface area contributed by atoms with Crippen LogP contribution in [0, 0.1) is 0 Å². The molecule has 1 aromatic carbocycles. The van der Waals surface area contributed by atoms with Crippen LogP contribution in [0.25, 0.3) is 0 Å². The Morgan fingerprint density at radius 3 is 2.81 bits per heavy atom. The first kappa shape index (κ1) is 10.7. The zero-order valence-corrected chi connectivity index (χ0v) is 9.40. The fraction of sp³-hybridized carbons (Fsp3) is 0.0909. The van der Waals surface area contributed by atoms with Gasteiger partial charge in [-0.1, -0.05) is 11.6 Å². The molecule has 0 bridgehead atoms. The molecule has 0 unspecified atom stereocenters. The van der Waals surface area contributed by atoms with Crippen molar-refractivity contribution in [2.24, 2.45) is 7.05 Å². The van der Waals surface area contributed by atoms with Crippen molar-refractivity contribution in [3.05, 3.63) is 47.0 Å². The Bertz CT molecular complexity index is 548. The monoisotopic (exact) mass is 235 g/mol. The molecular formula is C11H10ClN3O. The van der Waals surface area contributed by atoms with Crippen molar-refractivity contribution in [3.63, 3.8) is 0 Å². The zero-order chi connectivity index (χ0) is 11.7. The summed E-state index contributed by atoms with van der Waals surface area (Å²) in [6, 6.07) is 4.79. The van der Waals surface area contributed by atoms with E-state index in [2.05, 4.69) is 4.98 Å². The average molecular weight is 236 g/mol. The van der Waals surface area contributed by atoms with E-state index >= 15 is 0 Å². The number of nitrogens with two attached hydrogens (primary N) is 1. The largest absolute Gasteiger partial charge is 0.398 e. The molecule has 1 aromatic heterocycles. The van der Waals surface area contributed by atoms with Crippen LogP contribution in [0.5, 0.6) is 0 Å². The molecule has 4 nitrogen and oxygen atoms in total. The molecule has 2 N–H and O–H groups in total. The minimum absolute atomic E-state index is 0.170. The maximum absolute atomic E-state index is 12.0. The van der Waals surface area contributed by atoms with E-state index in [0.717, 1.165) is 0 Å². The minimum atomic E-state index is -0.170. The molecule has 82 valence electrons. The number of rotatable bonds is 2. The number of hydrogen-bond acceptors (Lipinski definition) is 3. The predicted molar refractivity (Wildman–Crippen MR) is 62.5 cm³/mol. The summed E-state index contributed by atoms with van der Waals surface area (Å²) >= 11 is 5.78. The fourth-order valence-corrected chi connectivity index (χ4v) is 1.52. The maximum atomic E-state index is 12.0. The smallest absolute Gasteiger partial charge is 0.228 e. The number of nitrogen functional groups attached to an aromatic ring is 1. The van der Waals surface area contributed by atoms with E-state index in [1.165, 1.54) is 0 Å². The van der Waals surface area contributed by atoms with Gasteiger partial charge in [-0.25, -0.2) is 4.98 Å². The third-order valence-electron chi connectivity index (χ3n) is 2.28. The van der Waals surface area contributed by atoms with Gasteiger partial charge in [0.05, 0.1) is 10.7 Å². The van der Waals surface area contributed by atoms with E-state index in [1.54, 1.807) is 42.2 Å². The molecule has 0 amide bonds. The highest BCUT2D eigenvalue weighted by Gasteiger charge is 2.14. The lowest BCUT2D eigenvalue weighted by molar-refractivity contribution is 0.102. The van der Waals surface area contributed by atoms with Crippen LogP contribution < -0.4 is 5.73 Å². The van der Waals surface area contributed by atoms with Gasteiger partial charge >= 0.3 is 0 Å². The fourth-order valence-electron chi connectivity index (χ4n) is 1.40. The lowest BCUT2D eigenvalue weighted by Crippen LogP contribution is -2.09. The Kier molecular flexibility index (Phi) is 2.66. The molecule has 0 spiro atoms. The summed E-state index contributed by atoms with van der Waals surface area (Å²) in [6.07, 6.45) is 3.29. The first-order valence-electron chi connectivity index (χ1n) is 4.66. The van der Waals surface area contributed by atoms with E-state index in [9.17, 15) is 4.79 Å². The lowest BCUT2D eigenvalue weighted by atomic mass is 10.1. The zero-order valence-electron chi connectivity index (χ0n) is 8.64. The number of ketones is 1. The summed E-state index contributed by atoms with van der Waals surface area (Å²) < 4.78 is 1.66. The lowest BCUT2D eigenvalue weighted by Gasteiger charge is -2.03. The molecule has 0 fully saturated rings. The summed E-state index contributed by atoms with van der Waals surface area (Å²) in [5, 5.41) is 0.441. The number of imidazole rings is 1. The molecule has 0 saturated heterocycles. The van der Waals surface area contributed by atoms with Crippen molar-refractivity contribution in [3.8, 4) is 0 Å². The van der Waals surface area contributed by atoms with Gasteiger partial charge in [-0.15, -0.1) is 0 Å². The first-order chi connectivity index (χ1) is 7.59. The number of nitrogens with zero attached hydrogens (tertiary/aromatic N) is 2. The Hall–Kier alpha value is -1.81. The van der Waals surface area contributed by atoms with Crippen LogP contribution in [0.4, 0.5) is 5.69 Å². The van der Waals surface area contributed by atoms with Crippen molar-refractivity contribution < 1.29 is 4.79 Å². The van der Waals surface area contributed by atoms with Gasteiger partial charge in [-0.3, -0.25) is 4.79 Å². The summed E-state index contributed by atoms with van der Waals surface area (Å²) in [5.74, 6) is 0.206. The SMILES string of the molecule is Cn1ccnc1C(=O)c1ccc(Cl)c(N)c1. The Morgan fingerprint density at radius 1 is 1.50 bits per heavy atom. The van der Waals surface area contributed by atoms with Gasteiger partial charge in [0.1, 0.15) is 0 Å². The number of carbonyl (C=O) groups is 1. The Balaban J connectivity index is 2.42. The molecule has 5 heteroatoms. The van der Waals surface area contributed by atoms with Crippen molar-refractivity contribution >= 4 is 23.1 Å². The van der Waals surface area contributed by atoms with Crippen molar-refractivity contribution in [1.82, 2.24) is 9.55 Å². The number of halogens is 1. The van der Waals surface area contributed by atoms with Gasteiger partial charge in [-0.2, -0.15) is 0 Å². The summed E-state index contributed by atoms with van der Waals surface area (Å²) in [6.45, 7) is 0. The van der Waals surface area contributed by atoms with Crippen LogP contribution >= 0.6 is 11.6 Å². The highest BCUT2D eigenvalue weighted by molar-refractivity contribution is 6.33. The molecule has 0 atom stereocenters. The van der Waals surface area contributed by atoms with E-state index in [4.69, 9.17) is 17.3 Å². The van der Waals surface area contributed by atoms with Crippen LogP contribution in [-0.4, -0.2) is 15.3 Å². The second-order valence-corrected chi connectivity index (χ2v) is 3.83. The normalized spacial score (nSPS) is 10.4. The molecule has 0 aliphatic carbocycles. The van der Waals surface area contributed by atoms with Crippen LogP contribution in [0.15, 0.2) is 30.6 Å². The third kappa shape index (κ3) is 1.79. The number of anilines is 1. The molecule has 16 heavy (non-hydrogen) atoms. The quantitative estimate of drug-likeness (QED) is 0.639. The van der Waals surface area contributed by atoms with Gasteiger partial charge in [0.2, 0.25) is 5.78 Å². The maximum Gasteiger partial charge on any atom is 0.228 e. The number of carbonyl (C=O) groups excluding carboxylic acids is 1. The van der Waals surface area contributed by atoms with Crippen LogP contribution in [0.2, 0.25) is 5.02 Å². The molecule has 0 saturated carbocycles. The second-order valence-electron chi connectivity index (χ2n) is 3.43. The Labute approximate surface area is 97.7 Å². The first-order valence-corrected chi connectivity index (χ1v) is 5.04. The number of benzene rings is 1. The number of aryl methyl sites for hydroxylation is 1. The van der Waals surface area contributed by atoms with Crippen LogP contribution in [0.3, 0.4) is 0 Å². The van der Waals surface area contributed by atoms with Gasteiger partial charge in [0.25, 0.3) is 0 Å². The molecule has 0 radical (unpaired) electrons. The minimum Gasteiger partial charge on any atom is -0.398 e. The average Bonchev–Trinajstić information content (AvgIpc) is 2.67. The van der Waals surface area contributed by atoms with Crippen molar-refractivity contribution in [2.75, 3.05) is 5.73 Å². The summed E-state index contributed by atoms with van der Waals surface area (Å²) in [4.78, 5) is 16.0. The standard InChI is InChI=1S/C11H10ClN3O/c1-15-5-4-14-11(15)10(16)7-2-3-8(12)9(13)6-7/h2-6H,13H2,1H3. The highest BCUT2D eigenvalue weighted by Crippen LogP contribution is 2.20. The third-order valence-corrected chi connectivity index (χ3v) is 2.63. The number of aromatic nitrogens is 2. The van der Waals surface area contributed by atoms with Gasteiger partial charge in [0.15, 0.2) is 5.82 Å². The molecular weight excluding hydrogens is 226 g/mol. The van der Waals surface area contributed by atoms with Gasteiger partial charge < -0.3 is 10.3 Å². The van der Waals surface area contributed by atoms with Crippen LogP contribution in [-0.2, 0) is 7.05 Å². The van der Waals surface area contributed by atoms with Crippen molar-refractivity contribution in [1.29, 1.82) is 0 Å². The highest BCUT2D eigenvalue weighted by atomic mass is 35.5. The van der Waals surface area contributed by atoms with E-state index in [-0.39, 0.29) is 5.78 Å². The van der Waals surface area contributed by atoms with E-state index in [0.29, 0.717) is 22.1 Å². The van der Waals surface area contributed by atoms with E-state index in [1.807, 2.05) is 0 Å². The molecule has 0 aliphatic rings. The summed E-state index contributed by atoms with van der Waals surface area (Å²) in [7, 11) is 1.76. The van der Waals surface area contributed by atoms with E-state index < -0.39 is 0 Å². The van der Waals surface area contributed by atoms with Gasteiger partial charge in [-0.05, 0) is 18.2 Å². The Morgan fingerprint density at radius 2 is 2.25 bits per heavy atom. The molecule has 0 aliphatic heterocycles. The topological polar surface area (TPSA) is 60.9 Å². The molecule has 1 heterocycles. The second kappa shape index (κ2) is 3.98. The van der Waals surface area contributed by atoms with Crippen molar-refractivity contribution in [2.45, 2.75) is 0 Å². The molecule has 2 aromatic rings.